The van der Waals surface area contributed by atoms with Crippen LogP contribution in [-0.4, -0.2) is 21.7 Å². The van der Waals surface area contributed by atoms with E-state index in [9.17, 15) is 0 Å². The van der Waals surface area contributed by atoms with Gasteiger partial charge in [-0.15, -0.1) is 17.5 Å². The van der Waals surface area contributed by atoms with Crippen molar-refractivity contribution < 1.29 is 4.74 Å². The van der Waals surface area contributed by atoms with Crippen molar-refractivity contribution in [3.63, 3.8) is 0 Å². The minimum atomic E-state index is 0. The topological polar surface area (TPSA) is 65.4 Å². The number of fused-ring (bicyclic) bond motifs is 1. The maximum atomic E-state index is 5.82. The quantitative estimate of drug-likeness (QED) is 0.801. The third-order valence-corrected chi connectivity index (χ3v) is 2.09. The highest BCUT2D eigenvalue weighted by Gasteiger charge is 2.12. The molecule has 2 aromatic rings. The largest absolute Gasteiger partial charge is 0.478 e. The molecular formula is C9H13ClN4O. The number of hydrogen-bond acceptors (Lipinski definition) is 4. The second kappa shape index (κ2) is 3.94. The third-order valence-electron chi connectivity index (χ3n) is 2.09. The fourth-order valence-corrected chi connectivity index (χ4v) is 1.47. The van der Waals surface area contributed by atoms with E-state index in [1.54, 1.807) is 11.6 Å². The van der Waals surface area contributed by atoms with Crippen LogP contribution in [0.4, 0.5) is 5.69 Å². The van der Waals surface area contributed by atoms with E-state index in [-0.39, 0.29) is 12.4 Å². The smallest absolute Gasteiger partial charge is 0.258 e. The van der Waals surface area contributed by atoms with Crippen LogP contribution in [0.15, 0.2) is 6.07 Å². The minimum Gasteiger partial charge on any atom is -0.478 e. The zero-order valence-electron chi connectivity index (χ0n) is 8.81. The van der Waals surface area contributed by atoms with Gasteiger partial charge in [0.1, 0.15) is 5.69 Å². The first-order chi connectivity index (χ1) is 6.63. The molecule has 0 aliphatic carbocycles. The molecule has 15 heavy (non-hydrogen) atoms. The van der Waals surface area contributed by atoms with Gasteiger partial charge >= 0.3 is 0 Å². The summed E-state index contributed by atoms with van der Waals surface area (Å²) in [4.78, 5) is 4.30. The van der Waals surface area contributed by atoms with Crippen molar-refractivity contribution in [3.05, 3.63) is 17.5 Å². The van der Waals surface area contributed by atoms with Gasteiger partial charge in [-0.2, -0.15) is 0 Å². The number of methoxy groups -OCH3 is 1. The summed E-state index contributed by atoms with van der Waals surface area (Å²) in [6, 6.07) is 1.94. The van der Waals surface area contributed by atoms with Crippen LogP contribution in [0.3, 0.4) is 0 Å². The van der Waals surface area contributed by atoms with Crippen molar-refractivity contribution in [2.24, 2.45) is 0 Å². The Kier molecular flexibility index (Phi) is 3.04. The fourth-order valence-electron chi connectivity index (χ4n) is 1.47. The molecule has 0 saturated heterocycles. The number of nitrogens with two attached hydrogens (primary N) is 1. The zero-order valence-corrected chi connectivity index (χ0v) is 9.63. The lowest BCUT2D eigenvalue weighted by Crippen LogP contribution is -1.98. The standard InChI is InChI=1S/C9H12N4O.ClH/c1-5-4-6(2)13-8(11-5)7(10)9(12-13)14-3;/h4H,10H2,1-3H3;1H. The highest BCUT2D eigenvalue weighted by molar-refractivity contribution is 5.85. The number of nitrogens with zero attached hydrogens (tertiary/aromatic N) is 3. The van der Waals surface area contributed by atoms with Gasteiger partial charge in [0, 0.05) is 11.4 Å². The number of aryl methyl sites for hydroxylation is 2. The lowest BCUT2D eigenvalue weighted by molar-refractivity contribution is 0.396. The van der Waals surface area contributed by atoms with E-state index in [0.29, 0.717) is 17.2 Å². The second-order valence-electron chi connectivity index (χ2n) is 3.20. The van der Waals surface area contributed by atoms with Gasteiger partial charge in [0.05, 0.1) is 7.11 Å². The first-order valence-corrected chi connectivity index (χ1v) is 4.30. The highest BCUT2D eigenvalue weighted by atomic mass is 35.5. The van der Waals surface area contributed by atoms with Crippen LogP contribution in [0.2, 0.25) is 0 Å². The summed E-state index contributed by atoms with van der Waals surface area (Å²) < 4.78 is 6.71. The van der Waals surface area contributed by atoms with Gasteiger partial charge in [-0.25, -0.2) is 9.50 Å². The van der Waals surface area contributed by atoms with Crippen LogP contribution in [0.5, 0.6) is 5.88 Å². The molecule has 0 bridgehead atoms. The monoisotopic (exact) mass is 228 g/mol. The Labute approximate surface area is 93.7 Å². The van der Waals surface area contributed by atoms with Crippen molar-refractivity contribution >= 4 is 23.7 Å². The maximum Gasteiger partial charge on any atom is 0.258 e. The van der Waals surface area contributed by atoms with Crippen LogP contribution in [0.25, 0.3) is 5.65 Å². The van der Waals surface area contributed by atoms with Crippen molar-refractivity contribution in [3.8, 4) is 5.88 Å². The van der Waals surface area contributed by atoms with Gasteiger partial charge in [0.25, 0.3) is 5.88 Å². The molecule has 2 rings (SSSR count). The average molecular weight is 229 g/mol. The van der Waals surface area contributed by atoms with Gasteiger partial charge in [-0.3, -0.25) is 0 Å². The van der Waals surface area contributed by atoms with Crippen molar-refractivity contribution in [2.45, 2.75) is 13.8 Å². The number of aromatic nitrogens is 3. The number of halogens is 1. The third kappa shape index (κ3) is 1.70. The van der Waals surface area contributed by atoms with Gasteiger partial charge in [-0.1, -0.05) is 0 Å². The Morgan fingerprint density at radius 1 is 1.40 bits per heavy atom. The van der Waals surface area contributed by atoms with Gasteiger partial charge in [0.15, 0.2) is 5.65 Å². The molecule has 0 aromatic carbocycles. The van der Waals surface area contributed by atoms with E-state index in [1.165, 1.54) is 0 Å². The molecule has 0 radical (unpaired) electrons. The normalized spacial score (nSPS) is 10.1. The van der Waals surface area contributed by atoms with Crippen LogP contribution in [0, 0.1) is 13.8 Å². The molecule has 2 aromatic heterocycles. The Hall–Kier alpha value is -1.49. The molecule has 0 unspecified atom stereocenters. The Morgan fingerprint density at radius 2 is 2.07 bits per heavy atom. The number of ether oxygens (including phenoxy) is 1. The Balaban J connectivity index is 0.00000112. The van der Waals surface area contributed by atoms with Crippen LogP contribution in [-0.2, 0) is 0 Å². The van der Waals surface area contributed by atoms with Crippen molar-refractivity contribution in [2.75, 3.05) is 12.8 Å². The Morgan fingerprint density at radius 3 is 2.67 bits per heavy atom. The van der Waals surface area contributed by atoms with E-state index in [1.807, 2.05) is 19.9 Å². The van der Waals surface area contributed by atoms with E-state index in [2.05, 4.69) is 10.1 Å². The molecule has 0 fully saturated rings. The number of nitrogen functional groups attached to an aromatic ring is 1. The average Bonchev–Trinajstić information content (AvgIpc) is 2.44. The highest BCUT2D eigenvalue weighted by Crippen LogP contribution is 2.24. The SMILES string of the molecule is COc1nn2c(C)cc(C)nc2c1N.Cl. The summed E-state index contributed by atoms with van der Waals surface area (Å²) in [6.45, 7) is 3.87. The van der Waals surface area contributed by atoms with Crippen LogP contribution >= 0.6 is 12.4 Å². The van der Waals surface area contributed by atoms with Gasteiger partial charge < -0.3 is 10.5 Å². The molecule has 0 aliphatic heterocycles. The number of rotatable bonds is 1. The maximum absolute atomic E-state index is 5.82. The van der Waals surface area contributed by atoms with E-state index >= 15 is 0 Å². The summed E-state index contributed by atoms with van der Waals surface area (Å²) in [6.07, 6.45) is 0. The molecule has 0 amide bonds. The minimum absolute atomic E-state index is 0. The molecule has 0 spiro atoms. The van der Waals surface area contributed by atoms with E-state index in [4.69, 9.17) is 10.5 Å². The summed E-state index contributed by atoms with van der Waals surface area (Å²) >= 11 is 0. The predicted octanol–water partition coefficient (Wildman–Crippen LogP) is 1.36. The molecule has 6 heteroatoms. The van der Waals surface area contributed by atoms with Crippen LogP contribution < -0.4 is 10.5 Å². The van der Waals surface area contributed by atoms with E-state index < -0.39 is 0 Å². The molecule has 0 aliphatic rings. The fraction of sp³-hybridized carbons (Fsp3) is 0.333. The van der Waals surface area contributed by atoms with Crippen LogP contribution in [0.1, 0.15) is 11.4 Å². The molecule has 2 heterocycles. The Bertz CT molecular complexity index is 494. The van der Waals surface area contributed by atoms with Gasteiger partial charge in [0.2, 0.25) is 0 Å². The number of anilines is 1. The molecule has 0 atom stereocenters. The van der Waals surface area contributed by atoms with Crippen molar-refractivity contribution in [1.29, 1.82) is 0 Å². The van der Waals surface area contributed by atoms with E-state index in [0.717, 1.165) is 11.4 Å². The molecular weight excluding hydrogens is 216 g/mol. The first kappa shape index (κ1) is 11.6. The number of hydrogen-bond donors (Lipinski definition) is 1. The molecule has 82 valence electrons. The molecule has 2 N–H and O–H groups in total. The lowest BCUT2D eigenvalue weighted by Gasteiger charge is -1.99. The first-order valence-electron chi connectivity index (χ1n) is 4.30. The zero-order chi connectivity index (χ0) is 10.3. The summed E-state index contributed by atoms with van der Waals surface area (Å²) in [7, 11) is 1.54. The summed E-state index contributed by atoms with van der Waals surface area (Å²) in [5, 5.41) is 4.18. The summed E-state index contributed by atoms with van der Waals surface area (Å²) in [5.74, 6) is 0.422. The van der Waals surface area contributed by atoms with Crippen molar-refractivity contribution in [1.82, 2.24) is 14.6 Å². The molecule has 5 nitrogen and oxygen atoms in total. The van der Waals surface area contributed by atoms with Gasteiger partial charge in [-0.05, 0) is 19.9 Å². The predicted molar refractivity (Wildman–Crippen MR) is 60.7 cm³/mol. The molecule has 0 saturated carbocycles. The summed E-state index contributed by atoms with van der Waals surface area (Å²) in [5.41, 5.74) is 8.86. The second-order valence-corrected chi connectivity index (χ2v) is 3.20. The lowest BCUT2D eigenvalue weighted by atomic mass is 10.3.